The third-order valence-electron chi connectivity index (χ3n) is 11.6. The summed E-state index contributed by atoms with van der Waals surface area (Å²) in [6.07, 6.45) is 0. The standard InChI is InChI=1S/C55H35N3O2/c1-4-12-36(13-5-1)37-20-25-42(26-21-37)57(44-29-30-46-45-18-10-11-19-48(45)58(49(46)35-44)41-16-8-3-9-17-41)43-27-22-38(23-28-43)40-24-31-50-47(34-40)53-51(59-50)32-33-52-54(53)56-55(60-52)39-14-6-2-7-15-39/h1-35H. The molecule has 0 atom stereocenters. The van der Waals surface area contributed by atoms with Gasteiger partial charge in [-0.05, 0) is 113 Å². The van der Waals surface area contributed by atoms with Crippen LogP contribution in [0, 0.1) is 0 Å². The lowest BCUT2D eigenvalue weighted by atomic mass is 10.0. The Morgan fingerprint density at radius 3 is 1.65 bits per heavy atom. The fourth-order valence-electron chi connectivity index (χ4n) is 8.77. The first-order chi connectivity index (χ1) is 29.7. The molecule has 0 spiro atoms. The minimum Gasteiger partial charge on any atom is -0.456 e. The van der Waals surface area contributed by atoms with Gasteiger partial charge >= 0.3 is 0 Å². The van der Waals surface area contributed by atoms with Gasteiger partial charge in [0.1, 0.15) is 16.7 Å². The van der Waals surface area contributed by atoms with Crippen molar-refractivity contribution in [2.24, 2.45) is 0 Å². The van der Waals surface area contributed by atoms with E-state index in [-0.39, 0.29) is 0 Å². The van der Waals surface area contributed by atoms with E-state index in [9.17, 15) is 0 Å². The van der Waals surface area contributed by atoms with Crippen molar-refractivity contribution >= 4 is 71.9 Å². The summed E-state index contributed by atoms with van der Waals surface area (Å²) in [7, 11) is 0. The Balaban J connectivity index is 0.979. The summed E-state index contributed by atoms with van der Waals surface area (Å²) in [6.45, 7) is 0. The van der Waals surface area contributed by atoms with E-state index < -0.39 is 0 Å². The number of nitrogens with zero attached hydrogens (tertiary/aromatic N) is 3. The third kappa shape index (κ3) is 5.59. The van der Waals surface area contributed by atoms with E-state index in [0.29, 0.717) is 5.89 Å². The fraction of sp³-hybridized carbons (Fsp3) is 0. The van der Waals surface area contributed by atoms with Crippen LogP contribution in [0.4, 0.5) is 17.1 Å². The number of hydrogen-bond acceptors (Lipinski definition) is 4. The summed E-state index contributed by atoms with van der Waals surface area (Å²) in [5.74, 6) is 0.596. The van der Waals surface area contributed by atoms with Gasteiger partial charge < -0.3 is 18.3 Å². The zero-order valence-electron chi connectivity index (χ0n) is 32.4. The van der Waals surface area contributed by atoms with Gasteiger partial charge in [-0.25, -0.2) is 4.98 Å². The average molecular weight is 770 g/mol. The lowest BCUT2D eigenvalue weighted by Gasteiger charge is -2.26. The second kappa shape index (κ2) is 13.8. The Bertz CT molecular complexity index is 3510. The van der Waals surface area contributed by atoms with Gasteiger partial charge in [0, 0.05) is 44.5 Å². The van der Waals surface area contributed by atoms with E-state index in [0.717, 1.165) is 78.0 Å². The van der Waals surface area contributed by atoms with Crippen LogP contribution in [0.5, 0.6) is 0 Å². The van der Waals surface area contributed by atoms with Gasteiger partial charge in [-0.15, -0.1) is 0 Å². The first-order valence-corrected chi connectivity index (χ1v) is 20.2. The maximum absolute atomic E-state index is 6.35. The van der Waals surface area contributed by atoms with Crippen LogP contribution in [-0.2, 0) is 0 Å². The average Bonchev–Trinajstić information content (AvgIpc) is 4.02. The second-order valence-corrected chi connectivity index (χ2v) is 15.2. The number of anilines is 3. The van der Waals surface area contributed by atoms with E-state index in [1.165, 1.54) is 27.4 Å². The summed E-state index contributed by atoms with van der Waals surface area (Å²) >= 11 is 0. The predicted molar refractivity (Wildman–Crippen MR) is 247 cm³/mol. The van der Waals surface area contributed by atoms with Gasteiger partial charge in [-0.3, -0.25) is 0 Å². The van der Waals surface area contributed by atoms with Crippen LogP contribution in [-0.4, -0.2) is 9.55 Å². The van der Waals surface area contributed by atoms with E-state index >= 15 is 0 Å². The third-order valence-corrected chi connectivity index (χ3v) is 11.6. The molecular formula is C55H35N3O2. The maximum Gasteiger partial charge on any atom is 0.227 e. The molecule has 3 heterocycles. The molecule has 5 heteroatoms. The van der Waals surface area contributed by atoms with Crippen molar-refractivity contribution in [2.45, 2.75) is 0 Å². The van der Waals surface area contributed by atoms with Gasteiger partial charge in [-0.2, -0.15) is 0 Å². The number of oxazole rings is 1. The molecule has 0 aliphatic carbocycles. The Morgan fingerprint density at radius 2 is 0.917 bits per heavy atom. The minimum atomic E-state index is 0.596. The molecule has 3 aromatic heterocycles. The quantitative estimate of drug-likeness (QED) is 0.162. The zero-order valence-corrected chi connectivity index (χ0v) is 32.4. The highest BCUT2D eigenvalue weighted by Crippen LogP contribution is 2.42. The van der Waals surface area contributed by atoms with Crippen molar-refractivity contribution in [3.63, 3.8) is 0 Å². The number of para-hydroxylation sites is 2. The molecule has 9 aromatic carbocycles. The smallest absolute Gasteiger partial charge is 0.227 e. The van der Waals surface area contributed by atoms with Crippen molar-refractivity contribution in [1.29, 1.82) is 0 Å². The Morgan fingerprint density at radius 1 is 0.367 bits per heavy atom. The van der Waals surface area contributed by atoms with Crippen molar-refractivity contribution in [3.8, 4) is 39.4 Å². The highest BCUT2D eigenvalue weighted by Gasteiger charge is 2.20. The van der Waals surface area contributed by atoms with E-state index in [1.54, 1.807) is 0 Å². The molecule has 0 radical (unpaired) electrons. The number of hydrogen-bond donors (Lipinski definition) is 0. The summed E-state index contributed by atoms with van der Waals surface area (Å²) in [5, 5.41) is 4.41. The van der Waals surface area contributed by atoms with Crippen LogP contribution < -0.4 is 4.90 Å². The molecule has 12 aromatic rings. The topological polar surface area (TPSA) is 47.3 Å². The second-order valence-electron chi connectivity index (χ2n) is 15.2. The van der Waals surface area contributed by atoms with E-state index in [1.807, 2.05) is 42.5 Å². The molecule has 60 heavy (non-hydrogen) atoms. The molecule has 0 amide bonds. The van der Waals surface area contributed by atoms with Crippen LogP contribution in [0.1, 0.15) is 0 Å². The van der Waals surface area contributed by atoms with Crippen LogP contribution in [0.2, 0.25) is 0 Å². The van der Waals surface area contributed by atoms with E-state index in [2.05, 4.69) is 179 Å². The fourth-order valence-corrected chi connectivity index (χ4v) is 8.77. The van der Waals surface area contributed by atoms with Gasteiger partial charge in [-0.1, -0.05) is 121 Å². The zero-order chi connectivity index (χ0) is 39.6. The molecule has 12 rings (SSSR count). The first-order valence-electron chi connectivity index (χ1n) is 20.2. The SMILES string of the molecule is c1ccc(-c2ccc(N(c3ccc(-c4ccc5oc6ccc7oc(-c8ccccc8)nc7c6c5c4)cc3)c3ccc4c5ccccc5n(-c5ccccc5)c4c3)cc2)cc1. The van der Waals surface area contributed by atoms with Crippen LogP contribution in [0.3, 0.4) is 0 Å². The Labute approximate surface area is 345 Å². The molecule has 5 nitrogen and oxygen atoms in total. The monoisotopic (exact) mass is 769 g/mol. The molecule has 0 bridgehead atoms. The maximum atomic E-state index is 6.35. The normalized spacial score (nSPS) is 11.7. The highest BCUT2D eigenvalue weighted by molar-refractivity contribution is 6.17. The Hall–Kier alpha value is -8.15. The summed E-state index contributed by atoms with van der Waals surface area (Å²) < 4.78 is 15.0. The molecule has 0 saturated heterocycles. The number of rotatable bonds is 7. The summed E-state index contributed by atoms with van der Waals surface area (Å²) in [6, 6.07) is 74.7. The number of benzene rings is 9. The lowest BCUT2D eigenvalue weighted by Crippen LogP contribution is -2.10. The highest BCUT2D eigenvalue weighted by atomic mass is 16.4. The van der Waals surface area contributed by atoms with Gasteiger partial charge in [0.15, 0.2) is 5.58 Å². The number of furan rings is 1. The van der Waals surface area contributed by atoms with Crippen molar-refractivity contribution in [1.82, 2.24) is 9.55 Å². The molecule has 0 fully saturated rings. The minimum absolute atomic E-state index is 0.596. The summed E-state index contributed by atoms with van der Waals surface area (Å²) in [4.78, 5) is 7.32. The molecule has 0 saturated carbocycles. The molecule has 0 unspecified atom stereocenters. The number of aromatic nitrogens is 2. The van der Waals surface area contributed by atoms with Crippen LogP contribution in [0.15, 0.2) is 221 Å². The molecule has 282 valence electrons. The predicted octanol–water partition coefficient (Wildman–Crippen LogP) is 15.3. The number of fused-ring (bicyclic) bond motifs is 8. The van der Waals surface area contributed by atoms with Gasteiger partial charge in [0.25, 0.3) is 0 Å². The van der Waals surface area contributed by atoms with Crippen LogP contribution >= 0.6 is 0 Å². The Kier molecular flexibility index (Phi) is 7.78. The van der Waals surface area contributed by atoms with Crippen LogP contribution in [0.25, 0.3) is 94.2 Å². The molecule has 0 aliphatic heterocycles. The largest absolute Gasteiger partial charge is 0.456 e. The van der Waals surface area contributed by atoms with Gasteiger partial charge in [0.05, 0.1) is 16.4 Å². The lowest BCUT2D eigenvalue weighted by molar-refractivity contribution is 0.619. The van der Waals surface area contributed by atoms with Crippen molar-refractivity contribution in [3.05, 3.63) is 212 Å². The molecular weight excluding hydrogens is 735 g/mol. The summed E-state index contributed by atoms with van der Waals surface area (Å²) in [5.41, 5.74) is 15.3. The van der Waals surface area contributed by atoms with Crippen molar-refractivity contribution in [2.75, 3.05) is 4.90 Å². The molecule has 0 aliphatic rings. The van der Waals surface area contributed by atoms with E-state index in [4.69, 9.17) is 13.8 Å². The first kappa shape index (κ1) is 33.9. The van der Waals surface area contributed by atoms with Gasteiger partial charge in [0.2, 0.25) is 5.89 Å². The molecule has 0 N–H and O–H groups in total. The van der Waals surface area contributed by atoms with Crippen molar-refractivity contribution < 1.29 is 8.83 Å².